The first-order chi connectivity index (χ1) is 15.3. The molecule has 0 atom stereocenters. The van der Waals surface area contributed by atoms with Crippen molar-refractivity contribution in [1.29, 1.82) is 0 Å². The van der Waals surface area contributed by atoms with Gasteiger partial charge in [-0.15, -0.1) is 0 Å². The largest absolute Gasteiger partial charge is 0.326 e. The highest BCUT2D eigenvalue weighted by molar-refractivity contribution is 7.92. The van der Waals surface area contributed by atoms with Crippen LogP contribution in [0.4, 0.5) is 11.4 Å². The third-order valence-corrected chi connectivity index (χ3v) is 6.86. The SMILES string of the molecule is Cc1ccc(NC(=O)Cc2cccc3ccccc23)cc1S(=O)(=O)Nc1ccc(Cl)cc1. The van der Waals surface area contributed by atoms with Gasteiger partial charge < -0.3 is 5.32 Å². The highest BCUT2D eigenvalue weighted by atomic mass is 35.5. The normalized spacial score (nSPS) is 11.3. The Balaban J connectivity index is 1.54. The molecule has 0 spiro atoms. The molecular formula is C25H21ClN2O3S. The summed E-state index contributed by atoms with van der Waals surface area (Å²) >= 11 is 5.87. The average molecular weight is 465 g/mol. The van der Waals surface area contributed by atoms with Crippen molar-refractivity contribution >= 4 is 49.7 Å². The number of amides is 1. The molecule has 0 aliphatic carbocycles. The molecular weight excluding hydrogens is 444 g/mol. The van der Waals surface area contributed by atoms with Gasteiger partial charge in [0.25, 0.3) is 10.0 Å². The maximum atomic E-state index is 12.9. The van der Waals surface area contributed by atoms with Crippen molar-refractivity contribution in [3.05, 3.63) is 101 Å². The molecule has 2 N–H and O–H groups in total. The van der Waals surface area contributed by atoms with Crippen LogP contribution in [0.25, 0.3) is 10.8 Å². The molecule has 4 aromatic rings. The molecule has 0 saturated carbocycles. The van der Waals surface area contributed by atoms with E-state index in [1.807, 2.05) is 42.5 Å². The molecule has 0 aromatic heterocycles. The van der Waals surface area contributed by atoms with E-state index in [2.05, 4.69) is 10.0 Å². The zero-order chi connectivity index (χ0) is 22.7. The van der Waals surface area contributed by atoms with Gasteiger partial charge in [-0.3, -0.25) is 9.52 Å². The van der Waals surface area contributed by atoms with E-state index in [1.54, 1.807) is 43.3 Å². The van der Waals surface area contributed by atoms with Crippen molar-refractivity contribution in [3.8, 4) is 0 Å². The van der Waals surface area contributed by atoms with E-state index < -0.39 is 10.0 Å². The summed E-state index contributed by atoms with van der Waals surface area (Å²) < 4.78 is 28.4. The third kappa shape index (κ3) is 4.93. The molecule has 5 nitrogen and oxygen atoms in total. The summed E-state index contributed by atoms with van der Waals surface area (Å²) in [4.78, 5) is 12.8. The van der Waals surface area contributed by atoms with Gasteiger partial charge >= 0.3 is 0 Å². The molecule has 0 unspecified atom stereocenters. The number of sulfonamides is 1. The van der Waals surface area contributed by atoms with Gasteiger partial charge in [-0.2, -0.15) is 0 Å². The Kier molecular flexibility index (Phi) is 6.17. The number of carbonyl (C=O) groups is 1. The Morgan fingerprint density at radius 2 is 1.56 bits per heavy atom. The van der Waals surface area contributed by atoms with Crippen molar-refractivity contribution in [2.75, 3.05) is 10.0 Å². The molecule has 0 radical (unpaired) electrons. The first-order valence-electron chi connectivity index (χ1n) is 9.97. The standard InChI is InChI=1S/C25H21ClN2O3S/c1-17-9-12-22(16-24(17)32(30,31)28-21-13-10-20(26)11-14-21)27-25(29)15-19-7-4-6-18-5-2-3-8-23(18)19/h2-14,16,28H,15H2,1H3,(H,27,29). The topological polar surface area (TPSA) is 75.3 Å². The number of carbonyl (C=O) groups excluding carboxylic acids is 1. The van der Waals surface area contributed by atoms with Gasteiger partial charge in [-0.25, -0.2) is 8.42 Å². The second-order valence-electron chi connectivity index (χ2n) is 7.46. The highest BCUT2D eigenvalue weighted by Crippen LogP contribution is 2.24. The van der Waals surface area contributed by atoms with Gasteiger partial charge in [0.05, 0.1) is 11.3 Å². The molecule has 0 aliphatic rings. The number of hydrogen-bond donors (Lipinski definition) is 2. The van der Waals surface area contributed by atoms with Crippen molar-refractivity contribution < 1.29 is 13.2 Å². The summed E-state index contributed by atoms with van der Waals surface area (Å²) in [5.41, 5.74) is 2.29. The minimum absolute atomic E-state index is 0.0930. The summed E-state index contributed by atoms with van der Waals surface area (Å²) in [5.74, 6) is -0.223. The van der Waals surface area contributed by atoms with Crippen LogP contribution in [0.5, 0.6) is 0 Å². The van der Waals surface area contributed by atoms with Crippen molar-refractivity contribution in [3.63, 3.8) is 0 Å². The number of anilines is 2. The maximum absolute atomic E-state index is 12.9. The van der Waals surface area contributed by atoms with Crippen LogP contribution in [0.1, 0.15) is 11.1 Å². The lowest BCUT2D eigenvalue weighted by molar-refractivity contribution is -0.115. The summed E-state index contributed by atoms with van der Waals surface area (Å²) in [6.45, 7) is 1.71. The Bertz CT molecular complexity index is 1400. The second-order valence-corrected chi connectivity index (χ2v) is 9.54. The Morgan fingerprint density at radius 1 is 0.875 bits per heavy atom. The quantitative estimate of drug-likeness (QED) is 0.379. The van der Waals surface area contributed by atoms with Crippen LogP contribution in [0.2, 0.25) is 5.02 Å². The zero-order valence-electron chi connectivity index (χ0n) is 17.3. The lowest BCUT2D eigenvalue weighted by Gasteiger charge is -2.13. The molecule has 7 heteroatoms. The van der Waals surface area contributed by atoms with Crippen LogP contribution in [-0.2, 0) is 21.2 Å². The van der Waals surface area contributed by atoms with E-state index in [4.69, 9.17) is 11.6 Å². The smallest absolute Gasteiger partial charge is 0.262 e. The van der Waals surface area contributed by atoms with Crippen LogP contribution >= 0.6 is 11.6 Å². The predicted molar refractivity (Wildman–Crippen MR) is 130 cm³/mol. The van der Waals surface area contributed by atoms with E-state index in [-0.39, 0.29) is 17.2 Å². The number of nitrogens with one attached hydrogen (secondary N) is 2. The fourth-order valence-electron chi connectivity index (χ4n) is 3.52. The molecule has 4 rings (SSSR count). The average Bonchev–Trinajstić information content (AvgIpc) is 2.77. The Morgan fingerprint density at radius 3 is 2.34 bits per heavy atom. The van der Waals surface area contributed by atoms with E-state index in [0.29, 0.717) is 22.0 Å². The fraction of sp³-hybridized carbons (Fsp3) is 0.0800. The van der Waals surface area contributed by atoms with Crippen LogP contribution in [0.15, 0.2) is 89.8 Å². The first-order valence-corrected chi connectivity index (χ1v) is 11.8. The summed E-state index contributed by atoms with van der Waals surface area (Å²) in [6.07, 6.45) is 0.181. The van der Waals surface area contributed by atoms with Crippen molar-refractivity contribution in [2.45, 2.75) is 18.2 Å². The van der Waals surface area contributed by atoms with E-state index in [9.17, 15) is 13.2 Å². The number of hydrogen-bond acceptors (Lipinski definition) is 3. The van der Waals surface area contributed by atoms with Crippen LogP contribution in [0, 0.1) is 6.92 Å². The molecule has 4 aromatic carbocycles. The number of benzene rings is 4. The van der Waals surface area contributed by atoms with Gasteiger partial charge in [0.2, 0.25) is 5.91 Å². The maximum Gasteiger partial charge on any atom is 0.262 e. The van der Waals surface area contributed by atoms with Crippen LogP contribution in [0.3, 0.4) is 0 Å². The third-order valence-electron chi connectivity index (χ3n) is 5.09. The number of aryl methyl sites for hydroxylation is 1. The second kappa shape index (κ2) is 9.02. The predicted octanol–water partition coefficient (Wildman–Crippen LogP) is 5.78. The molecule has 0 aliphatic heterocycles. The van der Waals surface area contributed by atoms with Crippen molar-refractivity contribution in [2.24, 2.45) is 0 Å². The van der Waals surface area contributed by atoms with Crippen molar-refractivity contribution in [1.82, 2.24) is 0 Å². The fourth-order valence-corrected chi connectivity index (χ4v) is 4.98. The molecule has 162 valence electrons. The molecule has 0 bridgehead atoms. The van der Waals surface area contributed by atoms with E-state index in [1.165, 1.54) is 6.07 Å². The highest BCUT2D eigenvalue weighted by Gasteiger charge is 2.18. The van der Waals surface area contributed by atoms with E-state index in [0.717, 1.165) is 16.3 Å². The number of fused-ring (bicyclic) bond motifs is 1. The van der Waals surface area contributed by atoms with Gasteiger partial charge in [0, 0.05) is 16.4 Å². The van der Waals surface area contributed by atoms with E-state index >= 15 is 0 Å². The minimum Gasteiger partial charge on any atom is -0.326 e. The minimum atomic E-state index is -3.85. The molecule has 1 amide bonds. The van der Waals surface area contributed by atoms with Crippen LogP contribution in [-0.4, -0.2) is 14.3 Å². The zero-order valence-corrected chi connectivity index (χ0v) is 18.9. The first kappa shape index (κ1) is 21.9. The molecule has 0 saturated heterocycles. The lowest BCUT2D eigenvalue weighted by atomic mass is 10.0. The lowest BCUT2D eigenvalue weighted by Crippen LogP contribution is -2.17. The molecule has 0 heterocycles. The summed E-state index contributed by atoms with van der Waals surface area (Å²) in [6, 6.07) is 24.9. The van der Waals surface area contributed by atoms with Gasteiger partial charge in [-0.1, -0.05) is 60.1 Å². The molecule has 32 heavy (non-hydrogen) atoms. The van der Waals surface area contributed by atoms with Crippen LogP contribution < -0.4 is 10.0 Å². The number of halogens is 1. The Hall–Kier alpha value is -3.35. The van der Waals surface area contributed by atoms with Gasteiger partial charge in [0.15, 0.2) is 0 Å². The Labute approximate surface area is 192 Å². The molecule has 0 fully saturated rings. The van der Waals surface area contributed by atoms with Gasteiger partial charge in [0.1, 0.15) is 0 Å². The summed E-state index contributed by atoms with van der Waals surface area (Å²) in [5, 5.41) is 5.41. The summed E-state index contributed by atoms with van der Waals surface area (Å²) in [7, 11) is -3.85. The number of rotatable bonds is 6. The monoisotopic (exact) mass is 464 g/mol. The van der Waals surface area contributed by atoms with Gasteiger partial charge in [-0.05, 0) is 65.2 Å².